The van der Waals surface area contributed by atoms with Gasteiger partial charge in [0, 0.05) is 5.56 Å². The van der Waals surface area contributed by atoms with Crippen molar-refractivity contribution in [2.45, 2.75) is 12.8 Å². The topological polar surface area (TPSA) is 46.5 Å². The molecule has 0 aliphatic rings. The third-order valence-electron chi connectivity index (χ3n) is 2.95. The number of halogens is 5. The Morgan fingerprint density at radius 2 is 1.91 bits per heavy atom. The number of rotatable bonds is 4. The van der Waals surface area contributed by atoms with Gasteiger partial charge in [0.25, 0.3) is 0 Å². The van der Waals surface area contributed by atoms with Crippen LogP contribution in [-0.4, -0.2) is 11.1 Å². The first-order chi connectivity index (χ1) is 10.7. The molecule has 2 aromatic rings. The lowest BCUT2D eigenvalue weighted by Crippen LogP contribution is -2.07. The molecule has 23 heavy (non-hydrogen) atoms. The van der Waals surface area contributed by atoms with Crippen molar-refractivity contribution in [3.8, 4) is 5.75 Å². The first-order valence-electron chi connectivity index (χ1n) is 6.20. The summed E-state index contributed by atoms with van der Waals surface area (Å²) in [5.41, 5.74) is -1.51. The number of carboxylic acids is 1. The van der Waals surface area contributed by atoms with E-state index in [1.807, 2.05) is 0 Å². The lowest BCUT2D eigenvalue weighted by atomic mass is 10.1. The molecule has 0 spiro atoms. The lowest BCUT2D eigenvalue weighted by Gasteiger charge is -2.12. The molecule has 0 bridgehead atoms. The number of hydrogen-bond donors (Lipinski definition) is 1. The molecule has 2 aromatic carbocycles. The highest BCUT2D eigenvalue weighted by Gasteiger charge is 2.31. The maximum Gasteiger partial charge on any atom is 0.416 e. The van der Waals surface area contributed by atoms with Gasteiger partial charge in [-0.25, -0.2) is 9.18 Å². The predicted molar refractivity (Wildman–Crippen MR) is 74.1 cm³/mol. The minimum atomic E-state index is -4.54. The summed E-state index contributed by atoms with van der Waals surface area (Å²) in [4.78, 5) is 10.8. The molecule has 8 heteroatoms. The van der Waals surface area contributed by atoms with Gasteiger partial charge in [0.15, 0.2) is 0 Å². The lowest BCUT2D eigenvalue weighted by molar-refractivity contribution is -0.137. The van der Waals surface area contributed by atoms with Crippen LogP contribution in [0.4, 0.5) is 17.6 Å². The van der Waals surface area contributed by atoms with Crippen LogP contribution in [0, 0.1) is 5.82 Å². The SMILES string of the molecule is O=C(O)c1cccc(COc2ccc(C(F)(F)F)cc2Cl)c1F. The Morgan fingerprint density at radius 3 is 2.48 bits per heavy atom. The maximum atomic E-state index is 13.9. The van der Waals surface area contributed by atoms with Crippen molar-refractivity contribution in [2.24, 2.45) is 0 Å². The molecule has 3 nitrogen and oxygen atoms in total. The molecule has 0 atom stereocenters. The number of ether oxygens (including phenoxy) is 1. The zero-order valence-electron chi connectivity index (χ0n) is 11.3. The molecular formula is C15H9ClF4O3. The van der Waals surface area contributed by atoms with Gasteiger partial charge in [0.05, 0.1) is 16.1 Å². The smallest absolute Gasteiger partial charge is 0.416 e. The average Bonchev–Trinajstić information content (AvgIpc) is 2.46. The van der Waals surface area contributed by atoms with Gasteiger partial charge in [-0.15, -0.1) is 0 Å². The van der Waals surface area contributed by atoms with Crippen LogP contribution in [0.3, 0.4) is 0 Å². The zero-order valence-corrected chi connectivity index (χ0v) is 12.1. The predicted octanol–water partition coefficient (Wildman–Crippen LogP) is 4.78. The highest BCUT2D eigenvalue weighted by molar-refractivity contribution is 6.32. The van der Waals surface area contributed by atoms with E-state index in [4.69, 9.17) is 21.4 Å². The monoisotopic (exact) mass is 348 g/mol. The summed E-state index contributed by atoms with van der Waals surface area (Å²) in [6.07, 6.45) is -4.54. The molecule has 0 unspecified atom stereocenters. The van der Waals surface area contributed by atoms with Gasteiger partial charge in [-0.3, -0.25) is 0 Å². The second-order valence-electron chi connectivity index (χ2n) is 4.52. The van der Waals surface area contributed by atoms with E-state index in [1.165, 1.54) is 12.1 Å². The molecule has 2 rings (SSSR count). The second-order valence-corrected chi connectivity index (χ2v) is 4.92. The molecule has 0 aliphatic carbocycles. The summed E-state index contributed by atoms with van der Waals surface area (Å²) >= 11 is 5.71. The number of aromatic carboxylic acids is 1. The van der Waals surface area contributed by atoms with Crippen molar-refractivity contribution in [1.29, 1.82) is 0 Å². The highest BCUT2D eigenvalue weighted by Crippen LogP contribution is 2.35. The third kappa shape index (κ3) is 3.92. The maximum absolute atomic E-state index is 13.9. The number of carbonyl (C=O) groups is 1. The highest BCUT2D eigenvalue weighted by atomic mass is 35.5. The summed E-state index contributed by atoms with van der Waals surface area (Å²) in [5.74, 6) is -2.47. The van der Waals surface area contributed by atoms with Crippen molar-refractivity contribution in [2.75, 3.05) is 0 Å². The van der Waals surface area contributed by atoms with Gasteiger partial charge in [-0.1, -0.05) is 23.7 Å². The van der Waals surface area contributed by atoms with E-state index in [0.717, 1.165) is 18.2 Å². The fourth-order valence-corrected chi connectivity index (χ4v) is 2.04. The fraction of sp³-hybridized carbons (Fsp3) is 0.133. The minimum Gasteiger partial charge on any atom is -0.487 e. The Labute approximate surface area is 133 Å². The van der Waals surface area contributed by atoms with Crippen LogP contribution in [0.2, 0.25) is 5.02 Å². The Morgan fingerprint density at radius 1 is 1.22 bits per heavy atom. The third-order valence-corrected chi connectivity index (χ3v) is 3.25. The molecule has 122 valence electrons. The van der Waals surface area contributed by atoms with Crippen LogP contribution < -0.4 is 4.74 Å². The Bertz CT molecular complexity index is 744. The Kier molecular flexibility index (Phi) is 4.79. The number of benzene rings is 2. The van der Waals surface area contributed by atoms with Crippen LogP contribution in [0.25, 0.3) is 0 Å². The molecular weight excluding hydrogens is 340 g/mol. The second kappa shape index (κ2) is 6.45. The van der Waals surface area contributed by atoms with Crippen LogP contribution in [0.1, 0.15) is 21.5 Å². The molecule has 0 saturated carbocycles. The summed E-state index contributed by atoms with van der Waals surface area (Å²) in [5, 5.41) is 8.54. The number of hydrogen-bond acceptors (Lipinski definition) is 2. The Balaban J connectivity index is 2.19. The standard InChI is InChI=1S/C15H9ClF4O3/c16-11-6-9(15(18,19)20)4-5-12(11)23-7-8-2-1-3-10(13(8)17)14(21)22/h1-6H,7H2,(H,21,22). The number of alkyl halides is 3. The average molecular weight is 349 g/mol. The van der Waals surface area contributed by atoms with E-state index >= 15 is 0 Å². The summed E-state index contributed by atoms with van der Waals surface area (Å²) in [6.45, 7) is -0.377. The van der Waals surface area contributed by atoms with Gasteiger partial charge in [0.2, 0.25) is 0 Å². The summed E-state index contributed by atoms with van der Waals surface area (Å²) < 4.78 is 56.6. The van der Waals surface area contributed by atoms with E-state index in [-0.39, 0.29) is 22.9 Å². The first kappa shape index (κ1) is 17.1. The van der Waals surface area contributed by atoms with Crippen molar-refractivity contribution >= 4 is 17.6 Å². The van der Waals surface area contributed by atoms with Gasteiger partial charge in [-0.05, 0) is 24.3 Å². The van der Waals surface area contributed by atoms with Crippen molar-refractivity contribution in [3.63, 3.8) is 0 Å². The van der Waals surface area contributed by atoms with Gasteiger partial charge in [0.1, 0.15) is 18.2 Å². The van der Waals surface area contributed by atoms with Gasteiger partial charge < -0.3 is 9.84 Å². The van der Waals surface area contributed by atoms with Crippen LogP contribution in [0.15, 0.2) is 36.4 Å². The van der Waals surface area contributed by atoms with Gasteiger partial charge in [-0.2, -0.15) is 13.2 Å². The van der Waals surface area contributed by atoms with Crippen LogP contribution >= 0.6 is 11.6 Å². The Hall–Kier alpha value is -2.28. The normalized spacial score (nSPS) is 11.3. The molecule has 0 aliphatic heterocycles. The molecule has 0 saturated heterocycles. The molecule has 0 aromatic heterocycles. The van der Waals surface area contributed by atoms with Crippen LogP contribution in [-0.2, 0) is 12.8 Å². The zero-order chi connectivity index (χ0) is 17.2. The van der Waals surface area contributed by atoms with E-state index < -0.39 is 29.1 Å². The van der Waals surface area contributed by atoms with Crippen molar-refractivity contribution in [1.82, 2.24) is 0 Å². The minimum absolute atomic E-state index is 0.0548. The summed E-state index contributed by atoms with van der Waals surface area (Å²) in [6, 6.07) is 6.22. The largest absolute Gasteiger partial charge is 0.487 e. The van der Waals surface area contributed by atoms with Crippen molar-refractivity contribution < 1.29 is 32.2 Å². The molecule has 0 radical (unpaired) electrons. The molecule has 1 N–H and O–H groups in total. The van der Waals surface area contributed by atoms with E-state index in [1.54, 1.807) is 0 Å². The molecule has 0 fully saturated rings. The van der Waals surface area contributed by atoms with Gasteiger partial charge >= 0.3 is 12.1 Å². The fourth-order valence-electron chi connectivity index (χ4n) is 1.81. The van der Waals surface area contributed by atoms with E-state index in [2.05, 4.69) is 0 Å². The van der Waals surface area contributed by atoms with Crippen molar-refractivity contribution in [3.05, 3.63) is 63.9 Å². The molecule has 0 heterocycles. The van der Waals surface area contributed by atoms with E-state index in [0.29, 0.717) is 6.07 Å². The van der Waals surface area contributed by atoms with Crippen LogP contribution in [0.5, 0.6) is 5.75 Å². The number of carboxylic acid groups (broad SMARTS) is 1. The summed E-state index contributed by atoms with van der Waals surface area (Å²) in [7, 11) is 0. The molecule has 0 amide bonds. The first-order valence-corrected chi connectivity index (χ1v) is 6.58. The van der Waals surface area contributed by atoms with E-state index in [9.17, 15) is 22.4 Å². The quantitative estimate of drug-likeness (QED) is 0.809.